The molecule has 0 saturated heterocycles. The Bertz CT molecular complexity index is 729. The number of rotatable bonds is 5. The first-order valence-corrected chi connectivity index (χ1v) is 7.31. The van der Waals surface area contributed by atoms with Crippen molar-refractivity contribution in [3.05, 3.63) is 29.3 Å². The van der Waals surface area contributed by atoms with Crippen LogP contribution in [0.5, 0.6) is 6.08 Å². The molecular formula is C14H13ClN4O4. The zero-order valence-electron chi connectivity index (χ0n) is 11.9. The van der Waals surface area contributed by atoms with Crippen molar-refractivity contribution in [3.8, 4) is 17.5 Å². The minimum atomic E-state index is -0.611. The number of nitrogens with one attached hydrogen (secondary N) is 2. The van der Waals surface area contributed by atoms with Crippen molar-refractivity contribution >= 4 is 23.5 Å². The number of amides is 3. The van der Waals surface area contributed by atoms with Crippen molar-refractivity contribution in [1.29, 1.82) is 0 Å². The van der Waals surface area contributed by atoms with Gasteiger partial charge in [-0.2, -0.15) is 4.98 Å². The number of halogens is 1. The summed E-state index contributed by atoms with van der Waals surface area (Å²) < 4.78 is 9.94. The normalized spacial score (nSPS) is 13.4. The summed E-state index contributed by atoms with van der Waals surface area (Å²) in [5.41, 5.74) is 0.584. The van der Waals surface area contributed by atoms with Crippen molar-refractivity contribution in [1.82, 2.24) is 20.8 Å². The molecule has 9 heteroatoms. The van der Waals surface area contributed by atoms with Gasteiger partial charge in [0.2, 0.25) is 5.82 Å². The lowest BCUT2D eigenvalue weighted by molar-refractivity contribution is -0.122. The van der Waals surface area contributed by atoms with Gasteiger partial charge in [-0.3, -0.25) is 14.6 Å². The highest BCUT2D eigenvalue weighted by molar-refractivity contribution is 6.33. The predicted octanol–water partition coefficient (Wildman–Crippen LogP) is 1.76. The molecule has 0 radical (unpaired) electrons. The van der Waals surface area contributed by atoms with E-state index in [0.29, 0.717) is 10.6 Å². The second-order valence-electron chi connectivity index (χ2n) is 4.95. The van der Waals surface area contributed by atoms with Gasteiger partial charge in [0.15, 0.2) is 6.61 Å². The van der Waals surface area contributed by atoms with E-state index in [9.17, 15) is 9.59 Å². The molecule has 2 N–H and O–H groups in total. The molecule has 0 bridgehead atoms. The summed E-state index contributed by atoms with van der Waals surface area (Å²) in [4.78, 5) is 26.9. The van der Waals surface area contributed by atoms with Crippen LogP contribution in [0.4, 0.5) is 4.79 Å². The Kier molecular flexibility index (Phi) is 4.42. The van der Waals surface area contributed by atoms with E-state index in [1.165, 1.54) is 0 Å². The molecule has 1 aromatic carbocycles. The maximum atomic E-state index is 11.6. The third-order valence-electron chi connectivity index (χ3n) is 3.01. The molecule has 0 atom stereocenters. The lowest BCUT2D eigenvalue weighted by Gasteiger charge is -2.04. The topological polar surface area (TPSA) is 106 Å². The van der Waals surface area contributed by atoms with Crippen molar-refractivity contribution < 1.29 is 18.8 Å². The van der Waals surface area contributed by atoms with Crippen LogP contribution >= 0.6 is 11.6 Å². The van der Waals surface area contributed by atoms with Crippen LogP contribution in [-0.2, 0) is 4.79 Å². The van der Waals surface area contributed by atoms with E-state index in [4.69, 9.17) is 20.9 Å². The van der Waals surface area contributed by atoms with Crippen LogP contribution in [0, 0.1) is 0 Å². The number of carbonyl (C=O) groups is 2. The monoisotopic (exact) mass is 336 g/mol. The number of ether oxygens (including phenoxy) is 1. The van der Waals surface area contributed by atoms with Crippen LogP contribution in [0.2, 0.25) is 5.02 Å². The smallest absolute Gasteiger partial charge is 0.418 e. The Morgan fingerprint density at radius 2 is 2.13 bits per heavy atom. The van der Waals surface area contributed by atoms with Gasteiger partial charge in [-0.15, -0.1) is 0 Å². The molecule has 1 aliphatic carbocycles. The second kappa shape index (κ2) is 6.66. The molecule has 2 aromatic rings. The molecule has 23 heavy (non-hydrogen) atoms. The van der Waals surface area contributed by atoms with Crippen molar-refractivity contribution in [2.45, 2.75) is 18.9 Å². The van der Waals surface area contributed by atoms with E-state index in [2.05, 4.69) is 20.8 Å². The Balaban J connectivity index is 1.52. The highest BCUT2D eigenvalue weighted by Crippen LogP contribution is 2.26. The number of benzene rings is 1. The molecule has 0 spiro atoms. The van der Waals surface area contributed by atoms with E-state index < -0.39 is 18.5 Å². The molecule has 3 rings (SSSR count). The summed E-state index contributed by atoms with van der Waals surface area (Å²) in [6.07, 6.45) is 1.69. The SMILES string of the molecule is O=C(COc1nc(-c2ccccc2Cl)no1)NC(=O)NC1CC1. The summed E-state index contributed by atoms with van der Waals surface area (Å²) >= 11 is 6.03. The zero-order valence-corrected chi connectivity index (χ0v) is 12.7. The van der Waals surface area contributed by atoms with E-state index in [0.717, 1.165) is 12.8 Å². The molecule has 1 aliphatic rings. The molecule has 1 heterocycles. The molecule has 120 valence electrons. The molecular weight excluding hydrogens is 324 g/mol. The molecule has 0 aliphatic heterocycles. The summed E-state index contributed by atoms with van der Waals surface area (Å²) in [5.74, 6) is -0.363. The van der Waals surface area contributed by atoms with E-state index in [1.807, 2.05) is 0 Å². The minimum absolute atomic E-state index is 0.165. The quantitative estimate of drug-likeness (QED) is 0.861. The van der Waals surface area contributed by atoms with Crippen LogP contribution < -0.4 is 15.4 Å². The van der Waals surface area contributed by atoms with Gasteiger partial charge < -0.3 is 10.1 Å². The van der Waals surface area contributed by atoms with E-state index in [-0.39, 0.29) is 17.9 Å². The molecule has 1 aromatic heterocycles. The Morgan fingerprint density at radius 1 is 1.35 bits per heavy atom. The summed E-state index contributed by atoms with van der Waals surface area (Å²) in [6, 6.07) is 6.61. The van der Waals surface area contributed by atoms with Crippen molar-refractivity contribution in [2.24, 2.45) is 0 Å². The Hall–Kier alpha value is -2.61. The first-order chi connectivity index (χ1) is 11.1. The van der Waals surface area contributed by atoms with Gasteiger partial charge in [-0.1, -0.05) is 28.9 Å². The number of imide groups is 1. The number of hydrogen-bond donors (Lipinski definition) is 2. The summed E-state index contributed by atoms with van der Waals surface area (Å²) in [5, 5.41) is 8.96. The summed E-state index contributed by atoms with van der Waals surface area (Å²) in [7, 11) is 0. The Labute approximate surface area is 136 Å². The highest BCUT2D eigenvalue weighted by atomic mass is 35.5. The third-order valence-corrected chi connectivity index (χ3v) is 3.34. The first-order valence-electron chi connectivity index (χ1n) is 6.93. The van der Waals surface area contributed by atoms with Gasteiger partial charge in [0.25, 0.3) is 5.91 Å². The van der Waals surface area contributed by atoms with Crippen LogP contribution in [0.3, 0.4) is 0 Å². The third kappa shape index (κ3) is 4.19. The lowest BCUT2D eigenvalue weighted by Crippen LogP contribution is -2.42. The molecule has 3 amide bonds. The fourth-order valence-electron chi connectivity index (χ4n) is 1.76. The largest absolute Gasteiger partial charge is 0.439 e. The number of hydrogen-bond acceptors (Lipinski definition) is 6. The number of urea groups is 1. The van der Waals surface area contributed by atoms with E-state index in [1.54, 1.807) is 24.3 Å². The van der Waals surface area contributed by atoms with Gasteiger partial charge in [0.1, 0.15) is 0 Å². The minimum Gasteiger partial charge on any atom is -0.439 e. The molecule has 1 fully saturated rings. The molecule has 1 saturated carbocycles. The average Bonchev–Trinajstić information content (AvgIpc) is 3.20. The fraction of sp³-hybridized carbons (Fsp3) is 0.286. The summed E-state index contributed by atoms with van der Waals surface area (Å²) in [6.45, 7) is -0.414. The van der Waals surface area contributed by atoms with Crippen molar-refractivity contribution in [3.63, 3.8) is 0 Å². The van der Waals surface area contributed by atoms with Gasteiger partial charge in [-0.05, 0) is 25.0 Å². The Morgan fingerprint density at radius 3 is 2.87 bits per heavy atom. The van der Waals surface area contributed by atoms with Crippen LogP contribution in [0.25, 0.3) is 11.4 Å². The maximum absolute atomic E-state index is 11.6. The fourth-order valence-corrected chi connectivity index (χ4v) is 1.98. The maximum Gasteiger partial charge on any atom is 0.418 e. The van der Waals surface area contributed by atoms with Gasteiger partial charge in [-0.25, -0.2) is 4.79 Å². The first kappa shape index (κ1) is 15.3. The standard InChI is InChI=1S/C14H13ClN4O4/c15-10-4-2-1-3-9(10)12-18-14(23-19-12)22-7-11(20)17-13(21)16-8-5-6-8/h1-4,8H,5-7H2,(H2,16,17,20,21). The van der Waals surface area contributed by atoms with Gasteiger partial charge >= 0.3 is 12.1 Å². The van der Waals surface area contributed by atoms with Crippen LogP contribution in [0.1, 0.15) is 12.8 Å². The predicted molar refractivity (Wildman–Crippen MR) is 79.9 cm³/mol. The average molecular weight is 337 g/mol. The van der Waals surface area contributed by atoms with Crippen molar-refractivity contribution in [2.75, 3.05) is 6.61 Å². The molecule has 0 unspecified atom stereocenters. The van der Waals surface area contributed by atoms with E-state index >= 15 is 0 Å². The van der Waals surface area contributed by atoms with Crippen LogP contribution in [-0.4, -0.2) is 34.7 Å². The van der Waals surface area contributed by atoms with Crippen LogP contribution in [0.15, 0.2) is 28.8 Å². The number of nitrogens with zero attached hydrogens (tertiary/aromatic N) is 2. The molecule has 8 nitrogen and oxygen atoms in total. The van der Waals surface area contributed by atoms with Gasteiger partial charge in [0.05, 0.1) is 5.02 Å². The highest BCUT2D eigenvalue weighted by Gasteiger charge is 2.24. The second-order valence-corrected chi connectivity index (χ2v) is 5.36. The zero-order chi connectivity index (χ0) is 16.2. The lowest BCUT2D eigenvalue weighted by atomic mass is 10.2. The van der Waals surface area contributed by atoms with Gasteiger partial charge in [0, 0.05) is 11.6 Å². The number of carbonyl (C=O) groups excluding carboxylic acids is 2. The number of aromatic nitrogens is 2.